The van der Waals surface area contributed by atoms with E-state index in [9.17, 15) is 4.79 Å². The van der Waals surface area contributed by atoms with Gasteiger partial charge in [0.1, 0.15) is 0 Å². The van der Waals surface area contributed by atoms with Gasteiger partial charge in [-0.05, 0) is 13.0 Å². The third kappa shape index (κ3) is 2.25. The first-order valence-corrected chi connectivity index (χ1v) is 4.93. The number of nitrogens with zero attached hydrogens (tertiary/aromatic N) is 3. The third-order valence-corrected chi connectivity index (χ3v) is 2.05. The van der Waals surface area contributed by atoms with E-state index in [1.54, 1.807) is 29.2 Å². The van der Waals surface area contributed by atoms with Crippen molar-refractivity contribution in [2.24, 2.45) is 0 Å². The Labute approximate surface area is 92.7 Å². The van der Waals surface area contributed by atoms with Gasteiger partial charge >= 0.3 is 0 Å². The third-order valence-electron chi connectivity index (χ3n) is 2.05. The van der Waals surface area contributed by atoms with Gasteiger partial charge in [-0.2, -0.15) is 5.10 Å². The molecule has 0 saturated carbocycles. The number of aryl methyl sites for hydroxylation is 1. The summed E-state index contributed by atoms with van der Waals surface area (Å²) in [6.45, 7) is 2.79. The summed E-state index contributed by atoms with van der Waals surface area (Å²) in [5.41, 5.74) is 0.525. The molecule has 0 bridgehead atoms. The first-order chi connectivity index (χ1) is 7.81. The van der Waals surface area contributed by atoms with E-state index in [1.165, 1.54) is 6.20 Å². The zero-order valence-electron chi connectivity index (χ0n) is 8.83. The number of carbonyl (C=O) groups is 1. The molecule has 2 heterocycles. The highest BCUT2D eigenvalue weighted by atomic mass is 16.5. The second-order valence-electron chi connectivity index (χ2n) is 3.18. The minimum Gasteiger partial charge on any atom is -0.436 e. The van der Waals surface area contributed by atoms with Crippen molar-refractivity contribution in [1.29, 1.82) is 0 Å². The van der Waals surface area contributed by atoms with Gasteiger partial charge in [0.25, 0.3) is 0 Å². The van der Waals surface area contributed by atoms with Crippen LogP contribution >= 0.6 is 0 Å². The Morgan fingerprint density at radius 2 is 2.31 bits per heavy atom. The minimum absolute atomic E-state index is 0.446. The summed E-state index contributed by atoms with van der Waals surface area (Å²) in [6, 6.07) is 3.30. The highest BCUT2D eigenvalue weighted by molar-refractivity contribution is 5.74. The average Bonchev–Trinajstić information content (AvgIpc) is 2.78. The van der Waals surface area contributed by atoms with Crippen molar-refractivity contribution in [2.45, 2.75) is 13.5 Å². The smallest absolute Gasteiger partial charge is 0.219 e. The normalized spacial score (nSPS) is 10.1. The molecule has 0 N–H and O–H groups in total. The number of aldehydes is 1. The van der Waals surface area contributed by atoms with Gasteiger partial charge in [0, 0.05) is 24.4 Å². The highest BCUT2D eigenvalue weighted by Gasteiger charge is 2.01. The largest absolute Gasteiger partial charge is 0.436 e. The zero-order valence-corrected chi connectivity index (χ0v) is 8.83. The van der Waals surface area contributed by atoms with Crippen molar-refractivity contribution >= 4 is 6.29 Å². The lowest BCUT2D eigenvalue weighted by atomic mass is 10.3. The molecule has 0 aliphatic carbocycles. The van der Waals surface area contributed by atoms with Gasteiger partial charge in [0.2, 0.25) is 5.88 Å². The Kier molecular flexibility index (Phi) is 2.95. The summed E-state index contributed by atoms with van der Waals surface area (Å²) < 4.78 is 7.21. The summed E-state index contributed by atoms with van der Waals surface area (Å²) in [6.07, 6.45) is 5.62. The summed E-state index contributed by atoms with van der Waals surface area (Å²) in [4.78, 5) is 14.4. The number of hydrogen-bond donors (Lipinski definition) is 0. The van der Waals surface area contributed by atoms with Crippen molar-refractivity contribution < 1.29 is 9.53 Å². The van der Waals surface area contributed by atoms with Crippen molar-refractivity contribution in [1.82, 2.24) is 14.8 Å². The number of pyridine rings is 1. The fourth-order valence-electron chi connectivity index (χ4n) is 1.21. The van der Waals surface area contributed by atoms with E-state index >= 15 is 0 Å². The van der Waals surface area contributed by atoms with Gasteiger partial charge in [-0.25, -0.2) is 4.98 Å². The molecule has 0 radical (unpaired) electrons. The first-order valence-electron chi connectivity index (χ1n) is 4.93. The highest BCUT2D eigenvalue weighted by Crippen LogP contribution is 2.17. The number of ether oxygens (including phenoxy) is 1. The van der Waals surface area contributed by atoms with E-state index < -0.39 is 0 Å². The van der Waals surface area contributed by atoms with Crippen LogP contribution in [0.3, 0.4) is 0 Å². The lowest BCUT2D eigenvalue weighted by Gasteiger charge is -2.00. The predicted molar refractivity (Wildman–Crippen MR) is 57.6 cm³/mol. The van der Waals surface area contributed by atoms with Crippen LogP contribution in [0.1, 0.15) is 17.3 Å². The molecule has 82 valence electrons. The fourth-order valence-corrected chi connectivity index (χ4v) is 1.21. The van der Waals surface area contributed by atoms with E-state index in [1.807, 2.05) is 6.92 Å². The summed E-state index contributed by atoms with van der Waals surface area (Å²) in [7, 11) is 0. The van der Waals surface area contributed by atoms with Crippen molar-refractivity contribution in [3.63, 3.8) is 0 Å². The molecule has 16 heavy (non-hydrogen) atoms. The Morgan fingerprint density at radius 1 is 1.44 bits per heavy atom. The minimum atomic E-state index is 0.446. The van der Waals surface area contributed by atoms with Gasteiger partial charge in [0.05, 0.1) is 12.4 Å². The molecule has 0 aliphatic heterocycles. The molecule has 0 spiro atoms. The molecule has 5 heteroatoms. The molecule has 0 atom stereocenters. The van der Waals surface area contributed by atoms with Crippen LogP contribution in [0.15, 0.2) is 30.7 Å². The van der Waals surface area contributed by atoms with Gasteiger partial charge in [0.15, 0.2) is 12.0 Å². The Balaban J connectivity index is 2.10. The molecular weight excluding hydrogens is 206 g/mol. The molecule has 0 aliphatic rings. The summed E-state index contributed by atoms with van der Waals surface area (Å²) in [5.74, 6) is 1.08. The van der Waals surface area contributed by atoms with E-state index in [0.29, 0.717) is 17.2 Å². The standard InChI is InChI=1S/C11H11N3O2/c1-2-14-7-10(6-13-14)16-11-4-3-9(8-15)5-12-11/h3-8H,2H2,1H3. The molecule has 2 aromatic rings. The van der Waals surface area contributed by atoms with Gasteiger partial charge in [-0.3, -0.25) is 9.48 Å². The van der Waals surface area contributed by atoms with Crippen LogP contribution < -0.4 is 4.74 Å². The van der Waals surface area contributed by atoms with Crippen molar-refractivity contribution in [2.75, 3.05) is 0 Å². The maximum Gasteiger partial charge on any atom is 0.219 e. The maximum atomic E-state index is 10.4. The fraction of sp³-hybridized carbons (Fsp3) is 0.182. The Morgan fingerprint density at radius 3 is 2.88 bits per heavy atom. The predicted octanol–water partition coefficient (Wildman–Crippen LogP) is 1.90. The molecule has 0 unspecified atom stereocenters. The van der Waals surface area contributed by atoms with Crippen molar-refractivity contribution in [3.05, 3.63) is 36.3 Å². The molecule has 2 aromatic heterocycles. The molecule has 2 rings (SSSR count). The van der Waals surface area contributed by atoms with Crippen LogP contribution in [0.25, 0.3) is 0 Å². The molecule has 0 aromatic carbocycles. The monoisotopic (exact) mass is 217 g/mol. The van der Waals surface area contributed by atoms with E-state index in [4.69, 9.17) is 4.74 Å². The number of rotatable bonds is 4. The second kappa shape index (κ2) is 4.57. The van der Waals surface area contributed by atoms with Crippen LogP contribution in [0, 0.1) is 0 Å². The Bertz CT molecular complexity index is 476. The van der Waals surface area contributed by atoms with Crippen LogP contribution in [0.2, 0.25) is 0 Å². The second-order valence-corrected chi connectivity index (χ2v) is 3.18. The van der Waals surface area contributed by atoms with Gasteiger partial charge in [-0.15, -0.1) is 0 Å². The molecule has 0 amide bonds. The van der Waals surface area contributed by atoms with Gasteiger partial charge in [-0.1, -0.05) is 0 Å². The Hall–Kier alpha value is -2.17. The molecule has 5 nitrogen and oxygen atoms in total. The van der Waals surface area contributed by atoms with Crippen LogP contribution in [0.5, 0.6) is 11.6 Å². The molecular formula is C11H11N3O2. The van der Waals surface area contributed by atoms with Crippen LogP contribution in [0.4, 0.5) is 0 Å². The number of hydrogen-bond acceptors (Lipinski definition) is 4. The van der Waals surface area contributed by atoms with E-state index in [-0.39, 0.29) is 0 Å². The zero-order chi connectivity index (χ0) is 11.4. The lowest BCUT2D eigenvalue weighted by Crippen LogP contribution is -1.92. The summed E-state index contributed by atoms with van der Waals surface area (Å²) >= 11 is 0. The van der Waals surface area contributed by atoms with E-state index in [2.05, 4.69) is 10.1 Å². The quantitative estimate of drug-likeness (QED) is 0.734. The van der Waals surface area contributed by atoms with Gasteiger partial charge < -0.3 is 4.74 Å². The number of aromatic nitrogens is 3. The van der Waals surface area contributed by atoms with E-state index in [0.717, 1.165) is 12.8 Å². The lowest BCUT2D eigenvalue weighted by molar-refractivity contribution is 0.112. The maximum absolute atomic E-state index is 10.4. The molecule has 0 saturated heterocycles. The summed E-state index contributed by atoms with van der Waals surface area (Å²) in [5, 5.41) is 4.07. The number of carbonyl (C=O) groups excluding carboxylic acids is 1. The topological polar surface area (TPSA) is 57.0 Å². The SMILES string of the molecule is CCn1cc(Oc2ccc(C=O)cn2)cn1. The average molecular weight is 217 g/mol. The molecule has 0 fully saturated rings. The first kappa shape index (κ1) is 10.4. The van der Waals surface area contributed by atoms with Crippen molar-refractivity contribution in [3.8, 4) is 11.6 Å². The van der Waals surface area contributed by atoms with Crippen LogP contribution in [-0.4, -0.2) is 21.1 Å². The van der Waals surface area contributed by atoms with Crippen LogP contribution in [-0.2, 0) is 6.54 Å².